The van der Waals surface area contributed by atoms with Crippen molar-refractivity contribution in [2.75, 3.05) is 22.2 Å². The highest BCUT2D eigenvalue weighted by Gasteiger charge is 2.43. The highest BCUT2D eigenvalue weighted by Crippen LogP contribution is 2.42. The maximum Gasteiger partial charge on any atom is 0.150 e. The number of hydrogen-bond donors (Lipinski definition) is 0. The number of halogens is 4. The van der Waals surface area contributed by atoms with E-state index in [1.807, 2.05) is 0 Å². The standard InChI is InChI=1S/C14H16Br2ClFO2S/c15-8-14(9-16,11-3-4-21(19,20)7-11)6-10-5-12(17)1-2-13(10)18/h1-2,5,11H,3-4,6-9H2. The first-order chi connectivity index (χ1) is 9.82. The van der Waals surface area contributed by atoms with E-state index >= 15 is 0 Å². The maximum atomic E-state index is 14.0. The summed E-state index contributed by atoms with van der Waals surface area (Å²) in [7, 11) is -2.97. The minimum atomic E-state index is -2.97. The summed E-state index contributed by atoms with van der Waals surface area (Å²) in [4.78, 5) is 0. The molecule has 21 heavy (non-hydrogen) atoms. The molecular weight excluding hydrogens is 446 g/mol. The largest absolute Gasteiger partial charge is 0.229 e. The summed E-state index contributed by atoms with van der Waals surface area (Å²) in [5.74, 6) is 0.107. The second-order valence-electron chi connectivity index (χ2n) is 5.64. The lowest BCUT2D eigenvalue weighted by molar-refractivity contribution is 0.250. The molecule has 2 nitrogen and oxygen atoms in total. The Labute approximate surface area is 146 Å². The van der Waals surface area contributed by atoms with Gasteiger partial charge in [-0.05, 0) is 47.9 Å². The third kappa shape index (κ3) is 4.01. The molecule has 1 heterocycles. The van der Waals surface area contributed by atoms with Gasteiger partial charge < -0.3 is 0 Å². The van der Waals surface area contributed by atoms with Crippen LogP contribution in [-0.2, 0) is 16.3 Å². The molecule has 0 aliphatic carbocycles. The summed E-state index contributed by atoms with van der Waals surface area (Å²) in [6.07, 6.45) is 1.08. The Morgan fingerprint density at radius 1 is 1.33 bits per heavy atom. The van der Waals surface area contributed by atoms with Crippen molar-refractivity contribution in [3.8, 4) is 0 Å². The molecular formula is C14H16Br2ClFO2S. The minimum absolute atomic E-state index is 0.0135. The van der Waals surface area contributed by atoms with Crippen LogP contribution in [0.3, 0.4) is 0 Å². The van der Waals surface area contributed by atoms with Crippen molar-refractivity contribution in [1.29, 1.82) is 0 Å². The van der Waals surface area contributed by atoms with E-state index in [2.05, 4.69) is 31.9 Å². The smallest absolute Gasteiger partial charge is 0.150 e. The fourth-order valence-electron chi connectivity index (χ4n) is 2.83. The van der Waals surface area contributed by atoms with Gasteiger partial charge in [-0.2, -0.15) is 0 Å². The number of alkyl halides is 2. The molecule has 7 heteroatoms. The van der Waals surface area contributed by atoms with Crippen LogP contribution in [0.1, 0.15) is 12.0 Å². The van der Waals surface area contributed by atoms with E-state index in [1.165, 1.54) is 12.1 Å². The average Bonchev–Trinajstić information content (AvgIpc) is 2.81. The Hall–Kier alpha value is 0.350. The first kappa shape index (κ1) is 17.7. The summed E-state index contributed by atoms with van der Waals surface area (Å²) in [5.41, 5.74) is 0.195. The molecule has 1 saturated heterocycles. The summed E-state index contributed by atoms with van der Waals surface area (Å²) >= 11 is 13.0. The molecule has 1 atom stereocenters. The first-order valence-electron chi connectivity index (χ1n) is 6.58. The van der Waals surface area contributed by atoms with Crippen LogP contribution < -0.4 is 0 Å². The topological polar surface area (TPSA) is 34.1 Å². The van der Waals surface area contributed by atoms with Crippen LogP contribution in [0, 0.1) is 17.2 Å². The van der Waals surface area contributed by atoms with Crippen LogP contribution in [0.25, 0.3) is 0 Å². The number of benzene rings is 1. The number of rotatable bonds is 5. The fourth-order valence-corrected chi connectivity index (χ4v) is 7.21. The molecule has 1 fully saturated rings. The molecule has 0 radical (unpaired) electrons. The molecule has 0 N–H and O–H groups in total. The van der Waals surface area contributed by atoms with Gasteiger partial charge >= 0.3 is 0 Å². The molecule has 0 spiro atoms. The number of sulfone groups is 1. The summed E-state index contributed by atoms with van der Waals surface area (Å²) in [6, 6.07) is 4.50. The van der Waals surface area contributed by atoms with Crippen LogP contribution in [0.4, 0.5) is 4.39 Å². The van der Waals surface area contributed by atoms with Crippen LogP contribution in [0.2, 0.25) is 5.02 Å². The van der Waals surface area contributed by atoms with Gasteiger partial charge in [-0.15, -0.1) is 0 Å². The third-order valence-electron chi connectivity index (χ3n) is 4.18. The van der Waals surface area contributed by atoms with Gasteiger partial charge in [-0.3, -0.25) is 0 Å². The maximum absolute atomic E-state index is 14.0. The van der Waals surface area contributed by atoms with Crippen molar-refractivity contribution in [2.45, 2.75) is 12.8 Å². The molecule has 118 valence electrons. The van der Waals surface area contributed by atoms with Crippen molar-refractivity contribution < 1.29 is 12.8 Å². The Kier molecular flexibility index (Phi) is 5.77. The van der Waals surface area contributed by atoms with Gasteiger partial charge in [-0.1, -0.05) is 43.5 Å². The highest BCUT2D eigenvalue weighted by atomic mass is 79.9. The van der Waals surface area contributed by atoms with E-state index in [0.717, 1.165) is 0 Å². The quantitative estimate of drug-likeness (QED) is 0.614. The lowest BCUT2D eigenvalue weighted by Gasteiger charge is -2.36. The van der Waals surface area contributed by atoms with Gasteiger partial charge in [0.25, 0.3) is 0 Å². The highest BCUT2D eigenvalue weighted by molar-refractivity contribution is 9.09. The second-order valence-corrected chi connectivity index (χ2v) is 9.43. The van der Waals surface area contributed by atoms with Crippen molar-refractivity contribution in [1.82, 2.24) is 0 Å². The Bertz CT molecular complexity index is 617. The summed E-state index contributed by atoms with van der Waals surface area (Å²) in [6.45, 7) is 0. The normalized spacial score (nSPS) is 21.6. The van der Waals surface area contributed by atoms with Gasteiger partial charge in [0.15, 0.2) is 9.84 Å². The van der Waals surface area contributed by atoms with Crippen molar-refractivity contribution >= 4 is 53.3 Å². The molecule has 0 bridgehead atoms. The fraction of sp³-hybridized carbons (Fsp3) is 0.571. The third-order valence-corrected chi connectivity index (χ3v) is 8.42. The van der Waals surface area contributed by atoms with Crippen LogP contribution in [0.15, 0.2) is 18.2 Å². The first-order valence-corrected chi connectivity index (χ1v) is 11.0. The van der Waals surface area contributed by atoms with Crippen LogP contribution in [0.5, 0.6) is 0 Å². The number of hydrogen-bond acceptors (Lipinski definition) is 2. The van der Waals surface area contributed by atoms with Crippen molar-refractivity contribution in [2.24, 2.45) is 11.3 Å². The molecule has 1 aromatic carbocycles. The lowest BCUT2D eigenvalue weighted by Crippen LogP contribution is -2.37. The predicted molar refractivity (Wildman–Crippen MR) is 91.9 cm³/mol. The zero-order valence-electron chi connectivity index (χ0n) is 11.3. The van der Waals surface area contributed by atoms with E-state index in [0.29, 0.717) is 34.1 Å². The predicted octanol–water partition coefficient (Wildman–Crippen LogP) is 4.23. The average molecular weight is 463 g/mol. The molecule has 0 saturated carbocycles. The molecule has 0 amide bonds. The second kappa shape index (κ2) is 6.85. The minimum Gasteiger partial charge on any atom is -0.229 e. The van der Waals surface area contributed by atoms with Crippen LogP contribution >= 0.6 is 43.5 Å². The molecule has 0 aromatic heterocycles. The summed E-state index contributed by atoms with van der Waals surface area (Å²) < 4.78 is 37.5. The van der Waals surface area contributed by atoms with Gasteiger partial charge in [0.2, 0.25) is 0 Å². The van der Waals surface area contributed by atoms with Crippen molar-refractivity contribution in [3.63, 3.8) is 0 Å². The van der Waals surface area contributed by atoms with Gasteiger partial charge in [0, 0.05) is 15.7 Å². The molecule has 2 rings (SSSR count). The Balaban J connectivity index is 2.32. The zero-order chi connectivity index (χ0) is 15.7. The van der Waals surface area contributed by atoms with Gasteiger partial charge in [0.05, 0.1) is 11.5 Å². The zero-order valence-corrected chi connectivity index (χ0v) is 16.0. The molecule has 1 unspecified atom stereocenters. The monoisotopic (exact) mass is 460 g/mol. The van der Waals surface area contributed by atoms with E-state index < -0.39 is 9.84 Å². The molecule has 1 aliphatic rings. The molecule has 1 aromatic rings. The van der Waals surface area contributed by atoms with Crippen LogP contribution in [-0.4, -0.2) is 30.6 Å². The Morgan fingerprint density at radius 3 is 2.52 bits per heavy atom. The van der Waals surface area contributed by atoms with Crippen molar-refractivity contribution in [3.05, 3.63) is 34.6 Å². The van der Waals surface area contributed by atoms with Gasteiger partial charge in [-0.25, -0.2) is 12.8 Å². The van der Waals surface area contributed by atoms with E-state index in [1.54, 1.807) is 6.07 Å². The SMILES string of the molecule is O=S1(=O)CCC(C(CBr)(CBr)Cc2cc(Cl)ccc2F)C1. The summed E-state index contributed by atoms with van der Waals surface area (Å²) in [5, 5.41) is 1.71. The molecule has 1 aliphatic heterocycles. The Morgan fingerprint density at radius 2 is 2.00 bits per heavy atom. The van der Waals surface area contributed by atoms with E-state index in [4.69, 9.17) is 11.6 Å². The lowest BCUT2D eigenvalue weighted by atomic mass is 9.74. The van der Waals surface area contributed by atoms with Gasteiger partial charge in [0.1, 0.15) is 5.82 Å². The van der Waals surface area contributed by atoms with E-state index in [9.17, 15) is 12.8 Å². The van der Waals surface area contributed by atoms with E-state index in [-0.39, 0.29) is 28.7 Å².